The first-order valence-electron chi connectivity index (χ1n) is 9.27. The number of rotatable bonds is 8. The van der Waals surface area contributed by atoms with E-state index in [0.717, 1.165) is 51.4 Å². The van der Waals surface area contributed by atoms with Crippen molar-refractivity contribution in [2.24, 2.45) is 4.99 Å². The zero-order valence-corrected chi connectivity index (χ0v) is 18.6. The Morgan fingerprint density at radius 1 is 1.17 bits per heavy atom. The number of anilines is 1. The van der Waals surface area contributed by atoms with Gasteiger partial charge in [0.25, 0.3) is 0 Å². The van der Waals surface area contributed by atoms with E-state index in [1.54, 1.807) is 0 Å². The summed E-state index contributed by atoms with van der Waals surface area (Å²) in [5, 5.41) is 8.32. The van der Waals surface area contributed by atoms with Gasteiger partial charge in [0, 0.05) is 26.2 Å². The average Bonchev–Trinajstić information content (AvgIpc) is 2.70. The summed E-state index contributed by atoms with van der Waals surface area (Å²) in [6.45, 7) is 7.17. The molecule has 0 radical (unpaired) electrons. The van der Waals surface area contributed by atoms with E-state index in [1.165, 1.54) is 0 Å². The fourth-order valence-corrected chi connectivity index (χ4v) is 2.64. The summed E-state index contributed by atoms with van der Waals surface area (Å²) >= 11 is 0. The summed E-state index contributed by atoms with van der Waals surface area (Å²) < 4.78 is 45.0. The molecule has 0 saturated carbocycles. The van der Waals surface area contributed by atoms with Crippen molar-refractivity contribution in [1.29, 1.82) is 0 Å². The van der Waals surface area contributed by atoms with Gasteiger partial charge < -0.3 is 20.7 Å². The second kappa shape index (κ2) is 13.6. The molecule has 0 aliphatic carbocycles. The van der Waals surface area contributed by atoms with Gasteiger partial charge in [-0.25, -0.2) is 18.2 Å². The average molecular weight is 529 g/mol. The Morgan fingerprint density at radius 3 is 2.59 bits per heavy atom. The van der Waals surface area contributed by atoms with Gasteiger partial charge >= 0.3 is 0 Å². The molecule has 0 spiro atoms. The first kappa shape index (κ1) is 25.4. The van der Waals surface area contributed by atoms with Crippen molar-refractivity contribution in [1.82, 2.24) is 15.5 Å². The van der Waals surface area contributed by atoms with Crippen molar-refractivity contribution in [3.8, 4) is 0 Å². The van der Waals surface area contributed by atoms with Crippen molar-refractivity contribution in [3.05, 3.63) is 29.6 Å². The Balaban J connectivity index is 0.00000420. The molecule has 0 atom stereocenters. The monoisotopic (exact) mass is 529 g/mol. The van der Waals surface area contributed by atoms with Gasteiger partial charge in [-0.05, 0) is 32.0 Å². The van der Waals surface area contributed by atoms with Gasteiger partial charge in [0.2, 0.25) is 5.91 Å². The number of morpholine rings is 1. The second-order valence-corrected chi connectivity index (χ2v) is 6.20. The van der Waals surface area contributed by atoms with Gasteiger partial charge in [-0.3, -0.25) is 9.69 Å². The molecule has 1 aromatic carbocycles. The maximum Gasteiger partial charge on any atom is 0.246 e. The van der Waals surface area contributed by atoms with Crippen LogP contribution in [0.15, 0.2) is 17.1 Å². The molecule has 1 amide bonds. The minimum absolute atomic E-state index is 0. The van der Waals surface area contributed by atoms with Crippen LogP contribution in [0.25, 0.3) is 0 Å². The van der Waals surface area contributed by atoms with E-state index in [4.69, 9.17) is 4.74 Å². The molecular weight excluding hydrogens is 502 g/mol. The highest BCUT2D eigenvalue weighted by atomic mass is 127. The molecule has 3 N–H and O–H groups in total. The maximum atomic E-state index is 13.6. The molecule has 1 aliphatic heterocycles. The lowest BCUT2D eigenvalue weighted by molar-refractivity contribution is -0.114. The number of carbonyl (C=O) groups excluding carboxylic acids is 1. The van der Waals surface area contributed by atoms with Crippen molar-refractivity contribution in [3.63, 3.8) is 0 Å². The number of carbonyl (C=O) groups is 1. The van der Waals surface area contributed by atoms with Crippen molar-refractivity contribution in [2.75, 3.05) is 57.8 Å². The highest BCUT2D eigenvalue weighted by Crippen LogP contribution is 2.19. The number of halogens is 4. The van der Waals surface area contributed by atoms with Gasteiger partial charge in [0.05, 0.1) is 18.9 Å². The SMILES string of the molecule is CCNC(=NCC(=O)Nc1ccc(F)c(F)c1F)NCCCN1CCOCC1.I. The predicted molar refractivity (Wildman–Crippen MR) is 116 cm³/mol. The molecule has 11 heteroatoms. The molecule has 0 bridgehead atoms. The number of hydrogen-bond donors (Lipinski definition) is 3. The van der Waals surface area contributed by atoms with Crippen LogP contribution >= 0.6 is 24.0 Å². The van der Waals surface area contributed by atoms with Crippen LogP contribution in [-0.4, -0.2) is 69.2 Å². The van der Waals surface area contributed by atoms with Crippen molar-refractivity contribution < 1.29 is 22.7 Å². The Labute approximate surface area is 185 Å². The number of nitrogens with zero attached hydrogens (tertiary/aromatic N) is 2. The number of nitrogens with one attached hydrogen (secondary N) is 3. The van der Waals surface area contributed by atoms with Gasteiger partial charge in [-0.2, -0.15) is 0 Å². The third-order valence-corrected chi connectivity index (χ3v) is 4.08. The zero-order chi connectivity index (χ0) is 20.4. The van der Waals surface area contributed by atoms with E-state index in [-0.39, 0.29) is 30.5 Å². The number of amides is 1. The number of benzene rings is 1. The van der Waals surface area contributed by atoms with Gasteiger partial charge in [-0.15, -0.1) is 24.0 Å². The fourth-order valence-electron chi connectivity index (χ4n) is 2.64. The summed E-state index contributed by atoms with van der Waals surface area (Å²) in [4.78, 5) is 18.4. The van der Waals surface area contributed by atoms with Crippen molar-refractivity contribution in [2.45, 2.75) is 13.3 Å². The molecule has 1 aromatic rings. The summed E-state index contributed by atoms with van der Waals surface area (Å²) in [6.07, 6.45) is 0.899. The highest BCUT2D eigenvalue weighted by molar-refractivity contribution is 14.0. The summed E-state index contributed by atoms with van der Waals surface area (Å²) in [5.74, 6) is -4.58. The van der Waals surface area contributed by atoms with Gasteiger partial charge in [-0.1, -0.05) is 0 Å². The highest BCUT2D eigenvalue weighted by Gasteiger charge is 2.15. The first-order chi connectivity index (χ1) is 13.5. The Hall–Kier alpha value is -1.60. The third-order valence-electron chi connectivity index (χ3n) is 4.08. The van der Waals surface area contributed by atoms with Crippen LogP contribution in [0.2, 0.25) is 0 Å². The van der Waals surface area contributed by atoms with Crippen LogP contribution in [0, 0.1) is 17.5 Å². The van der Waals surface area contributed by atoms with E-state index < -0.39 is 29.0 Å². The third kappa shape index (κ3) is 8.74. The van der Waals surface area contributed by atoms with Crippen LogP contribution in [0.4, 0.5) is 18.9 Å². The predicted octanol–water partition coefficient (Wildman–Crippen LogP) is 1.94. The van der Waals surface area contributed by atoms with Crippen LogP contribution in [0.1, 0.15) is 13.3 Å². The molecule has 164 valence electrons. The molecule has 1 saturated heterocycles. The number of guanidine groups is 1. The standard InChI is InChI=1S/C18H26F3N5O2.HI/c1-2-22-18(23-6-3-7-26-8-10-28-11-9-26)24-12-15(27)25-14-5-4-13(19)16(20)17(14)21;/h4-5H,2-3,6-12H2,1H3,(H,25,27)(H2,22,23,24);1H. The Morgan fingerprint density at radius 2 is 1.90 bits per heavy atom. The zero-order valence-electron chi connectivity index (χ0n) is 16.3. The van der Waals surface area contributed by atoms with E-state index in [0.29, 0.717) is 19.0 Å². The van der Waals surface area contributed by atoms with E-state index in [9.17, 15) is 18.0 Å². The molecule has 29 heavy (non-hydrogen) atoms. The topological polar surface area (TPSA) is 78.0 Å². The minimum atomic E-state index is -1.63. The van der Waals surface area contributed by atoms with Crippen LogP contribution in [0.3, 0.4) is 0 Å². The van der Waals surface area contributed by atoms with E-state index >= 15 is 0 Å². The molecule has 1 fully saturated rings. The van der Waals surface area contributed by atoms with Crippen molar-refractivity contribution >= 4 is 41.5 Å². The second-order valence-electron chi connectivity index (χ2n) is 6.20. The Kier molecular flexibility index (Phi) is 11.9. The van der Waals surface area contributed by atoms with E-state index in [2.05, 4.69) is 25.8 Å². The summed E-state index contributed by atoms with van der Waals surface area (Å²) in [7, 11) is 0. The minimum Gasteiger partial charge on any atom is -0.379 e. The smallest absolute Gasteiger partial charge is 0.246 e. The molecule has 0 aromatic heterocycles. The maximum absolute atomic E-state index is 13.6. The molecular formula is C18H27F3IN5O2. The lowest BCUT2D eigenvalue weighted by Gasteiger charge is -2.26. The molecule has 7 nitrogen and oxygen atoms in total. The molecule has 1 heterocycles. The molecule has 2 rings (SSSR count). The summed E-state index contributed by atoms with van der Waals surface area (Å²) in [6, 6.07) is 1.71. The number of aliphatic imine (C=N–C) groups is 1. The van der Waals surface area contributed by atoms with Crippen LogP contribution in [0.5, 0.6) is 0 Å². The normalized spacial score (nSPS) is 14.8. The number of hydrogen-bond acceptors (Lipinski definition) is 4. The van der Waals surface area contributed by atoms with Crippen LogP contribution < -0.4 is 16.0 Å². The van der Waals surface area contributed by atoms with E-state index in [1.807, 2.05) is 6.92 Å². The first-order valence-corrected chi connectivity index (χ1v) is 9.27. The van der Waals surface area contributed by atoms with Crippen LogP contribution in [-0.2, 0) is 9.53 Å². The largest absolute Gasteiger partial charge is 0.379 e. The Bertz CT molecular complexity index is 688. The molecule has 0 unspecified atom stereocenters. The lowest BCUT2D eigenvalue weighted by atomic mass is 10.3. The van der Waals surface area contributed by atoms with Gasteiger partial charge in [0.15, 0.2) is 23.4 Å². The fraction of sp³-hybridized carbons (Fsp3) is 0.556. The van der Waals surface area contributed by atoms with Gasteiger partial charge in [0.1, 0.15) is 6.54 Å². The summed E-state index contributed by atoms with van der Waals surface area (Å²) in [5.41, 5.74) is -0.428. The quantitative estimate of drug-likeness (QED) is 0.158. The number of ether oxygens (including phenoxy) is 1. The lowest BCUT2D eigenvalue weighted by Crippen LogP contribution is -2.41. The molecule has 1 aliphatic rings.